The topological polar surface area (TPSA) is 76.2 Å². The van der Waals surface area contributed by atoms with Gasteiger partial charge in [-0.1, -0.05) is 30.4 Å². The molecule has 1 aromatic carbocycles. The Morgan fingerprint density at radius 1 is 0.828 bits per heavy atom. The van der Waals surface area contributed by atoms with Gasteiger partial charge in [-0.05, 0) is 24.3 Å². The smallest absolute Gasteiger partial charge is 0.292 e. The van der Waals surface area contributed by atoms with Crippen molar-refractivity contribution in [2.75, 3.05) is 0 Å². The quantitative estimate of drug-likeness (QED) is 0.586. The number of benzene rings is 1. The van der Waals surface area contributed by atoms with E-state index >= 15 is 0 Å². The monoisotopic (exact) mass is 390 g/mol. The average molecular weight is 390 g/mol. The first kappa shape index (κ1) is 18.6. The molecule has 0 atom stereocenters. The highest BCUT2D eigenvalue weighted by Crippen LogP contribution is 2.45. The summed E-state index contributed by atoms with van der Waals surface area (Å²) in [6.07, 6.45) is 9.45. The molecule has 0 saturated heterocycles. The maximum Gasteiger partial charge on any atom is 0.373 e. The lowest BCUT2D eigenvalue weighted by Gasteiger charge is -2.27. The molecule has 0 saturated carbocycles. The van der Waals surface area contributed by atoms with Gasteiger partial charge in [0.25, 0.3) is 0 Å². The van der Waals surface area contributed by atoms with E-state index in [0.717, 1.165) is 0 Å². The molecule has 1 aromatic rings. The molecule has 0 spiro atoms. The van der Waals surface area contributed by atoms with Crippen LogP contribution in [0.4, 0.5) is 0 Å². The van der Waals surface area contributed by atoms with Crippen molar-refractivity contribution in [3.8, 4) is 0 Å². The van der Waals surface area contributed by atoms with E-state index in [1.54, 1.807) is 67.0 Å². The van der Waals surface area contributed by atoms with Crippen molar-refractivity contribution in [3.05, 3.63) is 95.1 Å². The van der Waals surface area contributed by atoms with Gasteiger partial charge in [-0.3, -0.25) is 24.3 Å². The van der Waals surface area contributed by atoms with Crippen LogP contribution in [0.2, 0.25) is 0 Å². The minimum Gasteiger partial charge on any atom is -0.292 e. The Kier molecular flexibility index (Phi) is 4.74. The third-order valence-corrected chi connectivity index (χ3v) is 4.75. The van der Waals surface area contributed by atoms with Crippen molar-refractivity contribution in [2.45, 2.75) is 20.0 Å². The number of amides is 2. The third-order valence-electron chi connectivity index (χ3n) is 4.75. The van der Waals surface area contributed by atoms with Crippen LogP contribution in [0, 0.1) is 0 Å². The fraction of sp³-hybridized carbons (Fsp3) is 0.136. The van der Waals surface area contributed by atoms with E-state index in [0.29, 0.717) is 28.1 Å². The van der Waals surface area contributed by atoms with Crippen molar-refractivity contribution in [1.82, 2.24) is 9.80 Å². The van der Waals surface area contributed by atoms with Crippen LogP contribution in [0.25, 0.3) is 0 Å². The van der Waals surface area contributed by atoms with Crippen molar-refractivity contribution in [3.63, 3.8) is 0 Å². The zero-order chi connectivity index (χ0) is 20.5. The van der Waals surface area contributed by atoms with Crippen molar-refractivity contribution >= 4 is 17.8 Å². The summed E-state index contributed by atoms with van der Waals surface area (Å²) in [6.45, 7) is 2.87. The molecular weight excluding hydrogens is 372 g/mol. The predicted octanol–water partition coefficient (Wildman–Crippen LogP) is 2.97. The van der Waals surface area contributed by atoms with E-state index in [1.165, 1.54) is 23.6 Å². The standard InChI is InChI=1S/C22H18N2O5/c1-14(25)23-12-6-10-17-19(23)20-18(11-7-13-24(20)15(2)26)21(17)28-29-22(27)16-8-4-3-5-9-16/h3-13,21H,1-2H3. The first-order valence-corrected chi connectivity index (χ1v) is 9.03. The molecule has 1 aliphatic carbocycles. The molecule has 0 radical (unpaired) electrons. The number of allylic oxidation sites excluding steroid dienone is 4. The van der Waals surface area contributed by atoms with Gasteiger partial charge in [0.1, 0.15) is 0 Å². The summed E-state index contributed by atoms with van der Waals surface area (Å²) in [5.74, 6) is -1.06. The first-order chi connectivity index (χ1) is 14.0. The first-order valence-electron chi connectivity index (χ1n) is 9.03. The van der Waals surface area contributed by atoms with Crippen LogP contribution in [-0.2, 0) is 19.4 Å². The van der Waals surface area contributed by atoms with Crippen LogP contribution in [0.15, 0.2) is 89.6 Å². The molecule has 4 rings (SSSR count). The minimum absolute atomic E-state index is 0.214. The number of carbonyl (C=O) groups excluding carboxylic acids is 3. The maximum atomic E-state index is 12.3. The Morgan fingerprint density at radius 2 is 1.34 bits per heavy atom. The molecule has 0 aromatic heterocycles. The number of hydrogen-bond donors (Lipinski definition) is 0. The molecule has 2 amide bonds. The van der Waals surface area contributed by atoms with Gasteiger partial charge < -0.3 is 0 Å². The highest BCUT2D eigenvalue weighted by Gasteiger charge is 2.44. The fourth-order valence-electron chi connectivity index (χ4n) is 3.49. The third kappa shape index (κ3) is 3.21. The zero-order valence-corrected chi connectivity index (χ0v) is 15.9. The lowest BCUT2D eigenvalue weighted by Crippen LogP contribution is -2.30. The molecule has 0 unspecified atom stereocenters. The Labute approximate surface area is 167 Å². The van der Waals surface area contributed by atoms with Gasteiger partial charge in [0, 0.05) is 37.4 Å². The van der Waals surface area contributed by atoms with Gasteiger partial charge in [0.15, 0.2) is 6.10 Å². The minimum atomic E-state index is -0.772. The van der Waals surface area contributed by atoms with Crippen molar-refractivity contribution in [1.29, 1.82) is 0 Å². The van der Waals surface area contributed by atoms with Gasteiger partial charge in [0.05, 0.1) is 17.0 Å². The summed E-state index contributed by atoms with van der Waals surface area (Å²) in [7, 11) is 0. The Hall–Kier alpha value is -3.71. The molecule has 2 heterocycles. The summed E-state index contributed by atoms with van der Waals surface area (Å²) >= 11 is 0. The molecule has 3 aliphatic rings. The van der Waals surface area contributed by atoms with Crippen LogP contribution < -0.4 is 0 Å². The van der Waals surface area contributed by atoms with Crippen molar-refractivity contribution in [2.24, 2.45) is 0 Å². The number of hydrogen-bond acceptors (Lipinski definition) is 5. The molecule has 0 fully saturated rings. The SMILES string of the molecule is CC(=O)N1C=CC=C2C1=C1C(=CC=CN1C(C)=O)C2OOC(=O)c1ccccc1. The van der Waals surface area contributed by atoms with E-state index in [1.807, 2.05) is 0 Å². The summed E-state index contributed by atoms with van der Waals surface area (Å²) in [4.78, 5) is 50.3. The lowest BCUT2D eigenvalue weighted by atomic mass is 10.1. The lowest BCUT2D eigenvalue weighted by molar-refractivity contribution is -0.255. The number of nitrogens with zero attached hydrogens (tertiary/aromatic N) is 2. The second-order valence-electron chi connectivity index (χ2n) is 6.62. The molecule has 0 bridgehead atoms. The second-order valence-corrected chi connectivity index (χ2v) is 6.62. The molecule has 146 valence electrons. The molecule has 29 heavy (non-hydrogen) atoms. The zero-order valence-electron chi connectivity index (χ0n) is 15.9. The van der Waals surface area contributed by atoms with E-state index in [2.05, 4.69) is 0 Å². The maximum absolute atomic E-state index is 12.3. The van der Waals surface area contributed by atoms with Crippen LogP contribution in [0.5, 0.6) is 0 Å². The summed E-state index contributed by atoms with van der Waals surface area (Å²) in [6, 6.07) is 8.48. The van der Waals surface area contributed by atoms with E-state index < -0.39 is 12.1 Å². The summed E-state index contributed by atoms with van der Waals surface area (Å²) in [5.41, 5.74) is 2.67. The van der Waals surface area contributed by atoms with Gasteiger partial charge in [-0.25, -0.2) is 4.79 Å². The largest absolute Gasteiger partial charge is 0.373 e. The van der Waals surface area contributed by atoms with E-state index in [9.17, 15) is 14.4 Å². The Morgan fingerprint density at radius 3 is 1.83 bits per heavy atom. The van der Waals surface area contributed by atoms with E-state index in [-0.39, 0.29) is 11.8 Å². The highest BCUT2D eigenvalue weighted by atomic mass is 17.2. The molecule has 0 N–H and O–H groups in total. The second kappa shape index (κ2) is 7.37. The van der Waals surface area contributed by atoms with Gasteiger partial charge in [0.2, 0.25) is 11.8 Å². The van der Waals surface area contributed by atoms with Gasteiger partial charge in [-0.15, -0.1) is 0 Å². The number of carbonyl (C=O) groups is 3. The van der Waals surface area contributed by atoms with Crippen LogP contribution >= 0.6 is 0 Å². The van der Waals surface area contributed by atoms with Gasteiger partial charge >= 0.3 is 5.97 Å². The van der Waals surface area contributed by atoms with Crippen LogP contribution in [0.3, 0.4) is 0 Å². The van der Waals surface area contributed by atoms with E-state index in [4.69, 9.17) is 9.78 Å². The van der Waals surface area contributed by atoms with Gasteiger partial charge in [-0.2, -0.15) is 4.89 Å². The van der Waals surface area contributed by atoms with Crippen LogP contribution in [-0.4, -0.2) is 33.7 Å². The molecule has 2 aliphatic heterocycles. The fourth-order valence-corrected chi connectivity index (χ4v) is 3.49. The Bertz CT molecular complexity index is 990. The summed E-state index contributed by atoms with van der Waals surface area (Å²) in [5, 5.41) is 0. The normalized spacial score (nSPS) is 17.6. The summed E-state index contributed by atoms with van der Waals surface area (Å²) < 4.78 is 0. The molecule has 7 heteroatoms. The number of fused-ring (bicyclic) bond motifs is 2. The van der Waals surface area contributed by atoms with Crippen molar-refractivity contribution < 1.29 is 24.2 Å². The average Bonchev–Trinajstić information content (AvgIpc) is 3.06. The highest BCUT2D eigenvalue weighted by molar-refractivity contribution is 5.89. The number of rotatable bonds is 3. The molecule has 7 nitrogen and oxygen atoms in total. The predicted molar refractivity (Wildman–Crippen MR) is 103 cm³/mol. The Balaban J connectivity index is 1.69. The molecular formula is C22H18N2O5. The van der Waals surface area contributed by atoms with Crippen LogP contribution in [0.1, 0.15) is 24.2 Å².